The Hall–Kier alpha value is -1.33. The summed E-state index contributed by atoms with van der Waals surface area (Å²) in [5, 5.41) is 8.58. The van der Waals surface area contributed by atoms with E-state index in [1.807, 2.05) is 31.2 Å². The number of aryl methyl sites for hydroxylation is 1. The Labute approximate surface area is 79.0 Å². The summed E-state index contributed by atoms with van der Waals surface area (Å²) in [5.41, 5.74) is 7.60. The van der Waals surface area contributed by atoms with Crippen molar-refractivity contribution in [3.05, 3.63) is 35.4 Å². The highest BCUT2D eigenvalue weighted by molar-refractivity contribution is 5.31. The van der Waals surface area contributed by atoms with Crippen molar-refractivity contribution in [3.63, 3.8) is 0 Å². The fourth-order valence-corrected chi connectivity index (χ4v) is 1.14. The molecule has 0 unspecified atom stereocenters. The Bertz CT molecular complexity index is 293. The molecule has 0 heterocycles. The first-order chi connectivity index (χ1) is 6.22. The first kappa shape index (κ1) is 9.76. The van der Waals surface area contributed by atoms with E-state index in [2.05, 4.69) is 6.07 Å². The van der Waals surface area contributed by atoms with Gasteiger partial charge in [-0.1, -0.05) is 12.1 Å². The Morgan fingerprint density at radius 2 is 2.00 bits per heavy atom. The molecule has 0 saturated carbocycles. The fraction of sp³-hybridized carbons (Fsp3) is 0.364. The van der Waals surface area contributed by atoms with Crippen LogP contribution < -0.4 is 5.73 Å². The van der Waals surface area contributed by atoms with Crippen LogP contribution in [-0.2, 0) is 6.42 Å². The summed E-state index contributed by atoms with van der Waals surface area (Å²) >= 11 is 0. The average molecular weight is 174 g/mol. The minimum absolute atomic E-state index is 0.246. The lowest BCUT2D eigenvalue weighted by molar-refractivity contribution is 0.666. The van der Waals surface area contributed by atoms with Gasteiger partial charge in [0.1, 0.15) is 0 Å². The molecule has 2 N–H and O–H groups in total. The van der Waals surface area contributed by atoms with E-state index in [4.69, 9.17) is 11.0 Å². The molecule has 2 nitrogen and oxygen atoms in total. The van der Waals surface area contributed by atoms with E-state index >= 15 is 0 Å². The van der Waals surface area contributed by atoms with Gasteiger partial charge in [-0.05, 0) is 37.5 Å². The molecule has 1 rings (SSSR count). The van der Waals surface area contributed by atoms with Gasteiger partial charge in [0, 0.05) is 6.04 Å². The molecule has 0 saturated heterocycles. The fourth-order valence-electron chi connectivity index (χ4n) is 1.14. The van der Waals surface area contributed by atoms with Crippen molar-refractivity contribution in [2.75, 3.05) is 0 Å². The van der Waals surface area contributed by atoms with Crippen LogP contribution in [0.15, 0.2) is 24.3 Å². The second kappa shape index (κ2) is 4.64. The van der Waals surface area contributed by atoms with Crippen LogP contribution in [-0.4, -0.2) is 6.04 Å². The number of nitriles is 1. The summed E-state index contributed by atoms with van der Waals surface area (Å²) < 4.78 is 0. The highest BCUT2D eigenvalue weighted by atomic mass is 14.6. The van der Waals surface area contributed by atoms with Crippen molar-refractivity contribution in [2.45, 2.75) is 25.8 Å². The molecule has 0 fully saturated rings. The van der Waals surface area contributed by atoms with Gasteiger partial charge in [0.05, 0.1) is 11.6 Å². The number of nitrogens with zero attached hydrogens (tertiary/aromatic N) is 1. The monoisotopic (exact) mass is 174 g/mol. The molecule has 13 heavy (non-hydrogen) atoms. The zero-order chi connectivity index (χ0) is 9.68. The van der Waals surface area contributed by atoms with Gasteiger partial charge in [0.15, 0.2) is 0 Å². The number of benzene rings is 1. The van der Waals surface area contributed by atoms with E-state index in [9.17, 15) is 0 Å². The normalized spacial score (nSPS) is 12.1. The predicted octanol–water partition coefficient (Wildman–Crippen LogP) is 1.84. The molecule has 2 heteroatoms. The molecule has 0 bridgehead atoms. The van der Waals surface area contributed by atoms with Crippen LogP contribution in [0.3, 0.4) is 0 Å². The van der Waals surface area contributed by atoms with Crippen LogP contribution in [0.2, 0.25) is 0 Å². The zero-order valence-corrected chi connectivity index (χ0v) is 7.83. The number of rotatable bonds is 3. The Kier molecular flexibility index (Phi) is 3.48. The quantitative estimate of drug-likeness (QED) is 0.760. The third-order valence-corrected chi connectivity index (χ3v) is 1.97. The predicted molar refractivity (Wildman–Crippen MR) is 53.1 cm³/mol. The number of hydrogen-bond acceptors (Lipinski definition) is 2. The van der Waals surface area contributed by atoms with Crippen LogP contribution >= 0.6 is 0 Å². The molecule has 0 aliphatic carbocycles. The van der Waals surface area contributed by atoms with Crippen LogP contribution in [0.1, 0.15) is 24.5 Å². The van der Waals surface area contributed by atoms with Crippen LogP contribution in [0.4, 0.5) is 0 Å². The minimum Gasteiger partial charge on any atom is -0.328 e. The molecule has 1 aromatic rings. The van der Waals surface area contributed by atoms with Crippen molar-refractivity contribution >= 4 is 0 Å². The Morgan fingerprint density at radius 3 is 2.46 bits per heavy atom. The largest absolute Gasteiger partial charge is 0.328 e. The van der Waals surface area contributed by atoms with Crippen molar-refractivity contribution < 1.29 is 0 Å². The van der Waals surface area contributed by atoms with E-state index in [0.717, 1.165) is 12.8 Å². The first-order valence-corrected chi connectivity index (χ1v) is 4.47. The lowest BCUT2D eigenvalue weighted by Crippen LogP contribution is -2.15. The van der Waals surface area contributed by atoms with E-state index in [-0.39, 0.29) is 6.04 Å². The van der Waals surface area contributed by atoms with E-state index in [1.54, 1.807) is 0 Å². The van der Waals surface area contributed by atoms with Gasteiger partial charge in [-0.2, -0.15) is 5.26 Å². The summed E-state index contributed by atoms with van der Waals surface area (Å²) in [6.07, 6.45) is 1.98. The highest BCUT2D eigenvalue weighted by Crippen LogP contribution is 2.06. The van der Waals surface area contributed by atoms with E-state index in [0.29, 0.717) is 5.56 Å². The second-order valence-corrected chi connectivity index (χ2v) is 3.32. The van der Waals surface area contributed by atoms with Crippen molar-refractivity contribution in [1.29, 1.82) is 5.26 Å². The summed E-state index contributed by atoms with van der Waals surface area (Å²) in [5.74, 6) is 0. The Morgan fingerprint density at radius 1 is 1.38 bits per heavy atom. The molecule has 0 aromatic heterocycles. The number of nitrogens with two attached hydrogens (primary N) is 1. The van der Waals surface area contributed by atoms with Gasteiger partial charge in [0.25, 0.3) is 0 Å². The summed E-state index contributed by atoms with van der Waals surface area (Å²) in [6.45, 7) is 2.00. The topological polar surface area (TPSA) is 49.8 Å². The lowest BCUT2D eigenvalue weighted by atomic mass is 10.1. The van der Waals surface area contributed by atoms with Crippen molar-refractivity contribution in [2.24, 2.45) is 5.73 Å². The molecule has 0 aliphatic heterocycles. The van der Waals surface area contributed by atoms with E-state index < -0.39 is 0 Å². The van der Waals surface area contributed by atoms with Gasteiger partial charge in [0.2, 0.25) is 0 Å². The number of hydrogen-bond donors (Lipinski definition) is 1. The van der Waals surface area contributed by atoms with Crippen LogP contribution in [0, 0.1) is 11.3 Å². The summed E-state index contributed by atoms with van der Waals surface area (Å²) in [4.78, 5) is 0. The molecule has 0 amide bonds. The minimum atomic E-state index is 0.246. The third-order valence-electron chi connectivity index (χ3n) is 1.97. The van der Waals surface area contributed by atoms with Crippen molar-refractivity contribution in [3.8, 4) is 6.07 Å². The second-order valence-electron chi connectivity index (χ2n) is 3.32. The smallest absolute Gasteiger partial charge is 0.0991 e. The standard InChI is InChI=1S/C11H14N2/c1-9(13)2-3-10-4-6-11(8-12)7-5-10/h4-7,9H,2-3,13H2,1H3/t9-/m1/s1. The lowest BCUT2D eigenvalue weighted by Gasteiger charge is -2.04. The van der Waals surface area contributed by atoms with Gasteiger partial charge >= 0.3 is 0 Å². The van der Waals surface area contributed by atoms with Gasteiger partial charge in [-0.25, -0.2) is 0 Å². The molecule has 1 aromatic carbocycles. The maximum absolute atomic E-state index is 8.58. The van der Waals surface area contributed by atoms with E-state index in [1.165, 1.54) is 5.56 Å². The molecule has 1 atom stereocenters. The summed E-state index contributed by atoms with van der Waals surface area (Å²) in [6, 6.07) is 10.0. The van der Waals surface area contributed by atoms with Gasteiger partial charge < -0.3 is 5.73 Å². The average Bonchev–Trinajstić information content (AvgIpc) is 2.15. The van der Waals surface area contributed by atoms with Gasteiger partial charge in [-0.15, -0.1) is 0 Å². The first-order valence-electron chi connectivity index (χ1n) is 4.47. The molecular formula is C11H14N2. The molecule has 0 aliphatic rings. The SMILES string of the molecule is C[C@@H](N)CCc1ccc(C#N)cc1. The summed E-state index contributed by atoms with van der Waals surface area (Å²) in [7, 11) is 0. The maximum atomic E-state index is 8.58. The Balaban J connectivity index is 2.55. The molecule has 68 valence electrons. The van der Waals surface area contributed by atoms with Crippen molar-refractivity contribution in [1.82, 2.24) is 0 Å². The zero-order valence-electron chi connectivity index (χ0n) is 7.83. The molecule has 0 spiro atoms. The maximum Gasteiger partial charge on any atom is 0.0991 e. The third kappa shape index (κ3) is 3.27. The van der Waals surface area contributed by atoms with Crippen LogP contribution in [0.25, 0.3) is 0 Å². The molecule has 0 radical (unpaired) electrons. The highest BCUT2D eigenvalue weighted by Gasteiger charge is 1.96. The molecular weight excluding hydrogens is 160 g/mol. The van der Waals surface area contributed by atoms with Gasteiger partial charge in [-0.3, -0.25) is 0 Å². The van der Waals surface area contributed by atoms with Crippen LogP contribution in [0.5, 0.6) is 0 Å².